The van der Waals surface area contributed by atoms with Crippen molar-refractivity contribution in [2.24, 2.45) is 0 Å². The van der Waals surface area contributed by atoms with Gasteiger partial charge in [0.05, 0.1) is 12.9 Å². The molecule has 1 aromatic heterocycles. The molecule has 1 fully saturated rings. The summed E-state index contributed by atoms with van der Waals surface area (Å²) in [5.41, 5.74) is 3.94. The van der Waals surface area contributed by atoms with E-state index in [1.54, 1.807) is 16.7 Å². The fourth-order valence-electron chi connectivity index (χ4n) is 4.78. The second-order valence-electron chi connectivity index (χ2n) is 8.46. The highest BCUT2D eigenvalue weighted by Gasteiger charge is 2.34. The number of aldehydes is 1. The quantitative estimate of drug-likeness (QED) is 0.656. The highest BCUT2D eigenvalue weighted by molar-refractivity contribution is 6.09. The molecule has 8 nitrogen and oxygen atoms in total. The number of hydrogen-bond acceptors (Lipinski definition) is 5. The van der Waals surface area contributed by atoms with Crippen LogP contribution < -0.4 is 9.80 Å². The van der Waals surface area contributed by atoms with Gasteiger partial charge in [-0.15, -0.1) is 0 Å². The summed E-state index contributed by atoms with van der Waals surface area (Å²) in [7, 11) is 1.64. The first-order valence-electron chi connectivity index (χ1n) is 11.3. The monoisotopic (exact) mass is 446 g/mol. The number of ether oxygens (including phenoxy) is 1. The number of hydrogen-bond donors (Lipinski definition) is 0. The van der Waals surface area contributed by atoms with Crippen molar-refractivity contribution in [1.82, 2.24) is 9.78 Å². The van der Waals surface area contributed by atoms with E-state index in [0.29, 0.717) is 49.2 Å². The summed E-state index contributed by atoms with van der Waals surface area (Å²) in [6, 6.07) is 7.57. The predicted octanol–water partition coefficient (Wildman–Crippen LogP) is 3.58. The molecule has 0 N–H and O–H groups in total. The number of benzene rings is 1. The average Bonchev–Trinajstić information content (AvgIpc) is 3.24. The second kappa shape index (κ2) is 8.69. The largest absolute Gasteiger partial charge is 0.501 e. The van der Waals surface area contributed by atoms with Crippen LogP contribution in [0.4, 0.5) is 11.4 Å². The summed E-state index contributed by atoms with van der Waals surface area (Å²) in [5, 5.41) is 4.47. The number of anilines is 2. The van der Waals surface area contributed by atoms with Gasteiger partial charge in [0.1, 0.15) is 11.4 Å². The average molecular weight is 447 g/mol. The van der Waals surface area contributed by atoms with Crippen molar-refractivity contribution in [1.29, 1.82) is 0 Å². The fourth-order valence-corrected chi connectivity index (χ4v) is 4.78. The molecule has 3 aliphatic rings. The molecule has 3 heterocycles. The Kier molecular flexibility index (Phi) is 5.58. The van der Waals surface area contributed by atoms with E-state index in [4.69, 9.17) is 4.74 Å². The molecular formula is C25H26N4O4. The van der Waals surface area contributed by atoms with E-state index < -0.39 is 0 Å². The first kappa shape index (κ1) is 21.2. The van der Waals surface area contributed by atoms with Crippen molar-refractivity contribution in [2.45, 2.75) is 38.5 Å². The Morgan fingerprint density at radius 3 is 2.30 bits per heavy atom. The number of allylic oxidation sites excluding steroid dienone is 4. The number of aromatic nitrogens is 2. The Bertz CT molecular complexity index is 1180. The Hall–Kier alpha value is -3.68. The fraction of sp³-hybridized carbons (Fsp3) is 0.360. The number of carbonyl (C=O) groups is 3. The van der Waals surface area contributed by atoms with Crippen molar-refractivity contribution < 1.29 is 19.1 Å². The van der Waals surface area contributed by atoms with Gasteiger partial charge in [-0.25, -0.2) is 4.68 Å². The van der Waals surface area contributed by atoms with Gasteiger partial charge in [0.25, 0.3) is 5.91 Å². The zero-order valence-corrected chi connectivity index (χ0v) is 18.6. The van der Waals surface area contributed by atoms with Crippen molar-refractivity contribution in [2.75, 3.05) is 30.0 Å². The Morgan fingerprint density at radius 2 is 1.67 bits per heavy atom. The lowest BCUT2D eigenvalue weighted by Gasteiger charge is -2.30. The van der Waals surface area contributed by atoms with E-state index in [1.165, 1.54) is 0 Å². The van der Waals surface area contributed by atoms with Crippen molar-refractivity contribution in [3.63, 3.8) is 0 Å². The van der Waals surface area contributed by atoms with Gasteiger partial charge in [0.2, 0.25) is 5.91 Å². The molecule has 2 aromatic rings. The maximum atomic E-state index is 13.6. The molecule has 1 aromatic carbocycles. The van der Waals surface area contributed by atoms with E-state index in [2.05, 4.69) is 5.10 Å². The van der Waals surface area contributed by atoms with Gasteiger partial charge in [-0.05, 0) is 62.1 Å². The molecule has 0 spiro atoms. The molecule has 8 heteroatoms. The number of carbonyl (C=O) groups excluding carboxylic acids is 3. The summed E-state index contributed by atoms with van der Waals surface area (Å²) in [6.07, 6.45) is 8.93. The zero-order valence-electron chi connectivity index (χ0n) is 18.6. The van der Waals surface area contributed by atoms with Crippen LogP contribution in [0.1, 0.15) is 58.6 Å². The van der Waals surface area contributed by atoms with Gasteiger partial charge in [-0.2, -0.15) is 5.10 Å². The molecule has 170 valence electrons. The minimum Gasteiger partial charge on any atom is -0.501 e. The van der Waals surface area contributed by atoms with E-state index in [9.17, 15) is 14.4 Å². The number of fused-ring (bicyclic) bond motifs is 1. The molecule has 0 atom stereocenters. The highest BCUT2D eigenvalue weighted by Crippen LogP contribution is 2.32. The first-order valence-corrected chi connectivity index (χ1v) is 11.3. The van der Waals surface area contributed by atoms with Crippen LogP contribution in [0.15, 0.2) is 42.2 Å². The summed E-state index contributed by atoms with van der Waals surface area (Å²) in [6.45, 7) is 1.19. The topological polar surface area (TPSA) is 84.7 Å². The molecule has 5 rings (SSSR count). The molecule has 1 aliphatic carbocycles. The third kappa shape index (κ3) is 3.75. The lowest BCUT2D eigenvalue weighted by atomic mass is 10.0. The summed E-state index contributed by atoms with van der Waals surface area (Å²) < 4.78 is 6.92. The third-order valence-electron chi connectivity index (χ3n) is 6.58. The van der Waals surface area contributed by atoms with Crippen LogP contribution in [0, 0.1) is 0 Å². The number of methoxy groups -OCH3 is 1. The summed E-state index contributed by atoms with van der Waals surface area (Å²) in [5.74, 6) is 0.834. The minimum atomic E-state index is -0.180. The minimum absolute atomic E-state index is 0.143. The standard InChI is InChI=1S/C25H26N4O4/c1-33-20-11-9-19(10-12-20)29-24-21(22(16-30)26-29)13-15-28(25(24)32)18-7-5-17(6-8-18)27-14-3-2-4-23(27)31/h5-9,11,16H,2-4,10,12-15H2,1H3. The Balaban J connectivity index is 1.46. The van der Waals surface area contributed by atoms with E-state index in [0.717, 1.165) is 48.5 Å². The van der Waals surface area contributed by atoms with Crippen molar-refractivity contribution in [3.8, 4) is 0 Å². The van der Waals surface area contributed by atoms with Gasteiger partial charge in [0.15, 0.2) is 6.29 Å². The molecule has 0 radical (unpaired) electrons. The predicted molar refractivity (Wildman–Crippen MR) is 124 cm³/mol. The molecule has 1 saturated heterocycles. The van der Waals surface area contributed by atoms with E-state index in [-0.39, 0.29) is 11.8 Å². The molecule has 0 unspecified atom stereocenters. The number of nitrogens with zero attached hydrogens (tertiary/aromatic N) is 4. The Labute approximate surface area is 192 Å². The maximum absolute atomic E-state index is 13.6. The first-order chi connectivity index (χ1) is 16.1. The van der Waals surface area contributed by atoms with Crippen molar-refractivity contribution in [3.05, 3.63) is 59.1 Å². The molecule has 2 aliphatic heterocycles. The highest BCUT2D eigenvalue weighted by atomic mass is 16.5. The van der Waals surface area contributed by atoms with Crippen LogP contribution >= 0.6 is 0 Å². The van der Waals surface area contributed by atoms with Gasteiger partial charge in [-0.3, -0.25) is 14.4 Å². The van der Waals surface area contributed by atoms with Gasteiger partial charge < -0.3 is 14.5 Å². The van der Waals surface area contributed by atoms with Gasteiger partial charge in [0, 0.05) is 48.6 Å². The van der Waals surface area contributed by atoms with Crippen LogP contribution in [-0.4, -0.2) is 48.1 Å². The summed E-state index contributed by atoms with van der Waals surface area (Å²) >= 11 is 0. The molecule has 0 saturated carbocycles. The lowest BCUT2D eigenvalue weighted by molar-refractivity contribution is -0.119. The maximum Gasteiger partial charge on any atom is 0.277 e. The Morgan fingerprint density at radius 1 is 0.909 bits per heavy atom. The SMILES string of the molecule is COC1=CC=C(n2nc(C=O)c3c2C(=O)N(c2ccc(N4CCCCC4=O)cc2)CC3)CC1. The van der Waals surface area contributed by atoms with Crippen LogP contribution in [0.2, 0.25) is 0 Å². The van der Waals surface area contributed by atoms with Gasteiger partial charge in [-0.1, -0.05) is 0 Å². The van der Waals surface area contributed by atoms with Crippen LogP contribution in [0.3, 0.4) is 0 Å². The zero-order chi connectivity index (χ0) is 22.9. The number of amides is 2. The van der Waals surface area contributed by atoms with E-state index >= 15 is 0 Å². The molecule has 33 heavy (non-hydrogen) atoms. The number of piperidine rings is 1. The van der Waals surface area contributed by atoms with Crippen LogP contribution in [0.25, 0.3) is 5.70 Å². The normalized spacial score (nSPS) is 18.6. The number of rotatable bonds is 5. The smallest absolute Gasteiger partial charge is 0.277 e. The molecule has 2 amide bonds. The molecule has 0 bridgehead atoms. The van der Waals surface area contributed by atoms with E-state index in [1.807, 2.05) is 41.3 Å². The van der Waals surface area contributed by atoms with Crippen LogP contribution in [-0.2, 0) is 16.0 Å². The van der Waals surface area contributed by atoms with Gasteiger partial charge >= 0.3 is 0 Å². The lowest BCUT2D eigenvalue weighted by Crippen LogP contribution is -2.39. The summed E-state index contributed by atoms with van der Waals surface area (Å²) in [4.78, 5) is 41.0. The second-order valence-corrected chi connectivity index (χ2v) is 8.46. The third-order valence-corrected chi connectivity index (χ3v) is 6.58. The van der Waals surface area contributed by atoms with Crippen molar-refractivity contribution >= 4 is 35.2 Å². The van der Waals surface area contributed by atoms with Crippen LogP contribution in [0.5, 0.6) is 0 Å². The molecular weight excluding hydrogens is 420 g/mol.